The van der Waals surface area contributed by atoms with Crippen LogP contribution in [-0.2, 0) is 0 Å². The fraction of sp³-hybridized carbons (Fsp3) is 0. The van der Waals surface area contributed by atoms with Gasteiger partial charge in [0, 0.05) is 60.3 Å². The Hall–Kier alpha value is -7.95. The second-order valence-corrected chi connectivity index (χ2v) is 15.2. The summed E-state index contributed by atoms with van der Waals surface area (Å²) >= 11 is 0. The van der Waals surface area contributed by atoms with E-state index >= 15 is 0 Å². The van der Waals surface area contributed by atoms with E-state index in [2.05, 4.69) is 205 Å². The Morgan fingerprint density at radius 1 is 0.339 bits per heavy atom. The molecule has 59 heavy (non-hydrogen) atoms. The molecule has 0 unspecified atom stereocenters. The zero-order chi connectivity index (χ0) is 38.9. The van der Waals surface area contributed by atoms with Crippen molar-refractivity contribution in [3.05, 3.63) is 206 Å². The van der Waals surface area contributed by atoms with Crippen LogP contribution >= 0.6 is 0 Å². The highest BCUT2D eigenvalue weighted by Crippen LogP contribution is 2.44. The lowest BCUT2D eigenvalue weighted by Gasteiger charge is -2.15. The Morgan fingerprint density at radius 3 is 1.85 bits per heavy atom. The number of rotatable bonds is 5. The van der Waals surface area contributed by atoms with Crippen LogP contribution in [0.3, 0.4) is 0 Å². The van der Waals surface area contributed by atoms with Crippen LogP contribution in [0.4, 0.5) is 0 Å². The van der Waals surface area contributed by atoms with Gasteiger partial charge in [0.25, 0.3) is 0 Å². The van der Waals surface area contributed by atoms with Crippen LogP contribution in [0.5, 0.6) is 0 Å². The molecular formula is C55H34N4. The Bertz CT molecular complexity index is 3590. The highest BCUT2D eigenvalue weighted by molar-refractivity contribution is 6.30. The van der Waals surface area contributed by atoms with Crippen molar-refractivity contribution in [2.75, 3.05) is 0 Å². The van der Waals surface area contributed by atoms with E-state index < -0.39 is 0 Å². The third kappa shape index (κ3) is 5.34. The Labute approximate surface area is 340 Å². The van der Waals surface area contributed by atoms with Gasteiger partial charge in [-0.05, 0) is 52.7 Å². The van der Waals surface area contributed by atoms with Crippen molar-refractivity contribution >= 4 is 65.2 Å². The summed E-state index contributed by atoms with van der Waals surface area (Å²) in [6.07, 6.45) is 0. The highest BCUT2D eigenvalue weighted by atomic mass is 15.0. The largest absolute Gasteiger partial charge is 0.309 e. The van der Waals surface area contributed by atoms with Crippen LogP contribution < -0.4 is 0 Å². The van der Waals surface area contributed by atoms with Gasteiger partial charge in [0.05, 0.1) is 33.5 Å². The maximum atomic E-state index is 5.55. The molecule has 12 aromatic rings. The van der Waals surface area contributed by atoms with Crippen LogP contribution in [-0.4, -0.2) is 19.5 Å². The number of benzene rings is 9. The molecule has 0 aliphatic heterocycles. The van der Waals surface area contributed by atoms with Crippen molar-refractivity contribution < 1.29 is 0 Å². The minimum atomic E-state index is 0.698. The van der Waals surface area contributed by atoms with Gasteiger partial charge in [-0.15, -0.1) is 0 Å². The summed E-state index contributed by atoms with van der Waals surface area (Å²) < 4.78 is 2.39. The second-order valence-electron chi connectivity index (χ2n) is 15.2. The summed E-state index contributed by atoms with van der Waals surface area (Å²) in [4.78, 5) is 15.9. The molecule has 0 fully saturated rings. The van der Waals surface area contributed by atoms with E-state index in [0.717, 1.165) is 72.1 Å². The van der Waals surface area contributed by atoms with E-state index in [1.807, 2.05) is 6.07 Å². The Balaban J connectivity index is 1.06. The minimum absolute atomic E-state index is 0.698. The molecule has 12 rings (SSSR count). The van der Waals surface area contributed by atoms with E-state index in [1.54, 1.807) is 0 Å². The summed E-state index contributed by atoms with van der Waals surface area (Å²) in [6.45, 7) is 0. The summed E-state index contributed by atoms with van der Waals surface area (Å²) in [5.74, 6) is 0.698. The molecule has 0 aliphatic rings. The molecule has 3 heterocycles. The topological polar surface area (TPSA) is 43.6 Å². The molecule has 0 N–H and O–H groups in total. The van der Waals surface area contributed by atoms with Crippen LogP contribution in [0.25, 0.3) is 116 Å². The van der Waals surface area contributed by atoms with E-state index in [4.69, 9.17) is 15.0 Å². The number of nitrogens with zero attached hydrogens (tertiary/aromatic N) is 4. The SMILES string of the molecule is c1ccc(-c2nc3c(-c4ccc(-c5nc(-c6ccc7ccccc7c6)c6ccccc6n5)cc4)cccc3c3c2ccc2c3c3ccccc3n2-c2ccccc2)cc1. The average molecular weight is 751 g/mol. The van der Waals surface area contributed by atoms with Crippen molar-refractivity contribution in [1.82, 2.24) is 19.5 Å². The van der Waals surface area contributed by atoms with Gasteiger partial charge in [0.15, 0.2) is 5.82 Å². The summed E-state index contributed by atoms with van der Waals surface area (Å²) in [5.41, 5.74) is 12.6. The second kappa shape index (κ2) is 13.3. The normalized spacial score (nSPS) is 11.7. The summed E-state index contributed by atoms with van der Waals surface area (Å²) in [7, 11) is 0. The first kappa shape index (κ1) is 33.2. The van der Waals surface area contributed by atoms with Gasteiger partial charge in [-0.25, -0.2) is 15.0 Å². The van der Waals surface area contributed by atoms with Gasteiger partial charge in [0.1, 0.15) is 0 Å². The number of fused-ring (bicyclic) bond motifs is 9. The average Bonchev–Trinajstić information content (AvgIpc) is 3.66. The van der Waals surface area contributed by atoms with Gasteiger partial charge >= 0.3 is 0 Å². The first-order valence-electron chi connectivity index (χ1n) is 20.0. The Kier molecular flexibility index (Phi) is 7.50. The number of para-hydroxylation sites is 4. The standard InChI is InChI=1S/C55H34N4/c1-3-15-37(16-4-1)52-46-32-33-49-51(44-21-10-12-25-48(44)59(49)41-18-5-2-6-19-41)50(46)45-23-13-22-42(54(45)57-52)36-27-29-38(30-28-36)55-56-47-24-11-9-20-43(47)53(58-55)40-31-26-35-14-7-8-17-39(35)34-40/h1-34H. The molecule has 9 aromatic carbocycles. The van der Waals surface area contributed by atoms with Gasteiger partial charge in [0.2, 0.25) is 0 Å². The predicted molar refractivity (Wildman–Crippen MR) is 246 cm³/mol. The quantitative estimate of drug-likeness (QED) is 0.165. The maximum Gasteiger partial charge on any atom is 0.160 e. The van der Waals surface area contributed by atoms with Gasteiger partial charge < -0.3 is 4.57 Å². The summed E-state index contributed by atoms with van der Waals surface area (Å²) in [6, 6.07) is 73.1. The molecule has 0 radical (unpaired) electrons. The van der Waals surface area contributed by atoms with Crippen molar-refractivity contribution in [1.29, 1.82) is 0 Å². The third-order valence-corrected chi connectivity index (χ3v) is 11.8. The Morgan fingerprint density at radius 2 is 1.00 bits per heavy atom. The van der Waals surface area contributed by atoms with Gasteiger partial charge in [-0.3, -0.25) is 0 Å². The van der Waals surface area contributed by atoms with E-state index in [1.165, 1.54) is 38.0 Å². The number of pyridine rings is 1. The highest BCUT2D eigenvalue weighted by Gasteiger charge is 2.21. The number of aromatic nitrogens is 4. The van der Waals surface area contributed by atoms with Crippen LogP contribution in [0, 0.1) is 0 Å². The van der Waals surface area contributed by atoms with Crippen molar-refractivity contribution in [2.45, 2.75) is 0 Å². The molecular weight excluding hydrogens is 717 g/mol. The third-order valence-electron chi connectivity index (χ3n) is 11.8. The molecule has 0 aliphatic carbocycles. The van der Waals surface area contributed by atoms with Gasteiger partial charge in [-0.2, -0.15) is 0 Å². The fourth-order valence-electron chi connectivity index (χ4n) is 9.04. The first-order chi connectivity index (χ1) is 29.3. The van der Waals surface area contributed by atoms with Crippen LogP contribution in [0.2, 0.25) is 0 Å². The predicted octanol–water partition coefficient (Wildman–Crippen LogP) is 14.2. The van der Waals surface area contributed by atoms with Crippen molar-refractivity contribution in [3.8, 4) is 50.7 Å². The molecule has 0 spiro atoms. The van der Waals surface area contributed by atoms with E-state index in [0.29, 0.717) is 5.82 Å². The maximum absolute atomic E-state index is 5.55. The lowest BCUT2D eigenvalue weighted by atomic mass is 9.93. The molecule has 0 saturated carbocycles. The van der Waals surface area contributed by atoms with Gasteiger partial charge in [-0.1, -0.05) is 170 Å². The van der Waals surface area contributed by atoms with E-state index in [-0.39, 0.29) is 0 Å². The molecule has 4 nitrogen and oxygen atoms in total. The lowest BCUT2D eigenvalue weighted by molar-refractivity contribution is 1.18. The monoisotopic (exact) mass is 750 g/mol. The molecule has 274 valence electrons. The molecule has 0 bridgehead atoms. The number of hydrogen-bond acceptors (Lipinski definition) is 3. The summed E-state index contributed by atoms with van der Waals surface area (Å²) in [5, 5.41) is 9.35. The van der Waals surface area contributed by atoms with Crippen LogP contribution in [0.15, 0.2) is 206 Å². The van der Waals surface area contributed by atoms with Crippen molar-refractivity contribution in [2.24, 2.45) is 0 Å². The van der Waals surface area contributed by atoms with Crippen LogP contribution in [0.1, 0.15) is 0 Å². The molecule has 0 amide bonds. The molecule has 3 aromatic heterocycles. The number of hydrogen-bond donors (Lipinski definition) is 0. The van der Waals surface area contributed by atoms with E-state index in [9.17, 15) is 0 Å². The first-order valence-corrected chi connectivity index (χ1v) is 20.0. The molecule has 0 atom stereocenters. The molecule has 0 saturated heterocycles. The van der Waals surface area contributed by atoms with Crippen molar-refractivity contribution in [3.63, 3.8) is 0 Å². The molecule has 4 heteroatoms. The smallest absolute Gasteiger partial charge is 0.160 e. The minimum Gasteiger partial charge on any atom is -0.309 e. The zero-order valence-corrected chi connectivity index (χ0v) is 31.9. The zero-order valence-electron chi connectivity index (χ0n) is 31.9. The fourth-order valence-corrected chi connectivity index (χ4v) is 9.04. The lowest BCUT2D eigenvalue weighted by Crippen LogP contribution is -1.96.